The first-order valence-corrected chi connectivity index (χ1v) is 8.60. The van der Waals surface area contributed by atoms with Crippen LogP contribution >= 0.6 is 0 Å². The largest absolute Gasteiger partial charge is 0.228 e. The molecular weight excluding hydrogens is 268 g/mol. The molecular formula is C17H18O2S. The van der Waals surface area contributed by atoms with Crippen LogP contribution in [0.25, 0.3) is 0 Å². The van der Waals surface area contributed by atoms with Crippen molar-refractivity contribution in [2.24, 2.45) is 0 Å². The standard InChI is InChI=1S/C17H18O2S/c18-20(19,16-11-12-16)17(15-9-5-2-6-10-15)13-14-7-3-1-4-8-14/h1-10,16-17H,11-13H2. The lowest BCUT2D eigenvalue weighted by Crippen LogP contribution is -2.20. The summed E-state index contributed by atoms with van der Waals surface area (Å²) in [5.41, 5.74) is 1.98. The monoisotopic (exact) mass is 286 g/mol. The zero-order valence-corrected chi connectivity index (χ0v) is 12.1. The van der Waals surface area contributed by atoms with Crippen LogP contribution in [0.5, 0.6) is 0 Å². The lowest BCUT2D eigenvalue weighted by Gasteiger charge is -2.18. The fraction of sp³-hybridized carbons (Fsp3) is 0.294. The van der Waals surface area contributed by atoms with Gasteiger partial charge in [0.2, 0.25) is 0 Å². The fourth-order valence-corrected chi connectivity index (χ4v) is 4.77. The molecule has 0 bridgehead atoms. The molecule has 2 nitrogen and oxygen atoms in total. The van der Waals surface area contributed by atoms with Crippen molar-refractivity contribution >= 4 is 9.84 Å². The zero-order valence-electron chi connectivity index (χ0n) is 11.3. The van der Waals surface area contributed by atoms with E-state index in [0.29, 0.717) is 6.42 Å². The zero-order chi connectivity index (χ0) is 14.0. The van der Waals surface area contributed by atoms with Crippen molar-refractivity contribution in [2.75, 3.05) is 0 Å². The summed E-state index contributed by atoms with van der Waals surface area (Å²) in [6.45, 7) is 0. The number of hydrogen-bond donors (Lipinski definition) is 0. The molecule has 0 aromatic heterocycles. The minimum absolute atomic E-state index is 0.128. The normalized spacial score (nSPS) is 16.8. The number of sulfone groups is 1. The first kappa shape index (κ1) is 13.4. The minimum Gasteiger partial charge on any atom is -0.228 e. The summed E-state index contributed by atoms with van der Waals surface area (Å²) in [5.74, 6) is 0. The molecule has 1 fully saturated rings. The maximum Gasteiger partial charge on any atom is 0.160 e. The highest BCUT2D eigenvalue weighted by Crippen LogP contribution is 2.39. The van der Waals surface area contributed by atoms with Crippen LogP contribution in [0.2, 0.25) is 0 Å². The maximum absolute atomic E-state index is 12.7. The van der Waals surface area contributed by atoms with Crippen molar-refractivity contribution in [3.8, 4) is 0 Å². The third-order valence-corrected chi connectivity index (χ3v) is 6.45. The van der Waals surface area contributed by atoms with E-state index in [9.17, 15) is 8.42 Å². The van der Waals surface area contributed by atoms with E-state index in [4.69, 9.17) is 0 Å². The van der Waals surface area contributed by atoms with Crippen LogP contribution in [-0.4, -0.2) is 13.7 Å². The highest BCUT2D eigenvalue weighted by molar-refractivity contribution is 7.92. The van der Waals surface area contributed by atoms with Crippen LogP contribution in [0.1, 0.15) is 29.2 Å². The van der Waals surface area contributed by atoms with Crippen molar-refractivity contribution in [1.82, 2.24) is 0 Å². The third-order valence-electron chi connectivity index (χ3n) is 3.82. The van der Waals surface area contributed by atoms with Gasteiger partial charge in [0.25, 0.3) is 0 Å². The molecule has 3 rings (SSSR count). The van der Waals surface area contributed by atoms with Gasteiger partial charge in [0.05, 0.1) is 10.5 Å². The lowest BCUT2D eigenvalue weighted by atomic mass is 10.0. The topological polar surface area (TPSA) is 34.1 Å². The van der Waals surface area contributed by atoms with Gasteiger partial charge in [0.15, 0.2) is 9.84 Å². The van der Waals surface area contributed by atoms with Crippen molar-refractivity contribution < 1.29 is 8.42 Å². The Hall–Kier alpha value is -1.61. The average molecular weight is 286 g/mol. The third kappa shape index (κ3) is 2.78. The van der Waals surface area contributed by atoms with Crippen LogP contribution in [0.4, 0.5) is 0 Å². The second-order valence-electron chi connectivity index (χ2n) is 5.38. The van der Waals surface area contributed by atoms with Crippen molar-refractivity contribution in [3.05, 3.63) is 71.8 Å². The SMILES string of the molecule is O=S(=O)(C1CC1)C(Cc1ccccc1)c1ccccc1. The first-order chi connectivity index (χ1) is 9.68. The molecule has 0 spiro atoms. The predicted octanol–water partition coefficient (Wildman–Crippen LogP) is 3.55. The van der Waals surface area contributed by atoms with Gasteiger partial charge in [-0.05, 0) is 30.4 Å². The Morgan fingerprint density at radius 2 is 1.45 bits per heavy atom. The predicted molar refractivity (Wildman–Crippen MR) is 81.3 cm³/mol. The van der Waals surface area contributed by atoms with Gasteiger partial charge in [0, 0.05) is 0 Å². The van der Waals surface area contributed by atoms with E-state index in [1.165, 1.54) is 0 Å². The van der Waals surface area contributed by atoms with Crippen molar-refractivity contribution in [3.63, 3.8) is 0 Å². The molecule has 104 valence electrons. The number of benzene rings is 2. The van der Waals surface area contributed by atoms with Gasteiger partial charge in [0.1, 0.15) is 0 Å². The van der Waals surface area contributed by atoms with E-state index >= 15 is 0 Å². The molecule has 0 saturated heterocycles. The van der Waals surface area contributed by atoms with Gasteiger partial charge < -0.3 is 0 Å². The van der Waals surface area contributed by atoms with Crippen LogP contribution in [0, 0.1) is 0 Å². The molecule has 0 aliphatic heterocycles. The molecule has 1 atom stereocenters. The van der Waals surface area contributed by atoms with Gasteiger partial charge >= 0.3 is 0 Å². The smallest absolute Gasteiger partial charge is 0.160 e. The second kappa shape index (κ2) is 5.41. The Kier molecular flexibility index (Phi) is 3.62. The molecule has 3 heteroatoms. The molecule has 0 heterocycles. The summed E-state index contributed by atoms with van der Waals surface area (Å²) in [5, 5.41) is -0.546. The van der Waals surface area contributed by atoms with E-state index in [-0.39, 0.29) is 5.25 Å². The first-order valence-electron chi connectivity index (χ1n) is 6.99. The summed E-state index contributed by atoms with van der Waals surface area (Å²) in [7, 11) is -3.08. The quantitative estimate of drug-likeness (QED) is 0.842. The Bertz CT molecular complexity index is 659. The van der Waals surface area contributed by atoms with E-state index in [1.807, 2.05) is 60.7 Å². The molecule has 1 saturated carbocycles. The summed E-state index contributed by atoms with van der Waals surface area (Å²) in [6, 6.07) is 19.5. The Morgan fingerprint density at radius 3 is 2.00 bits per heavy atom. The average Bonchev–Trinajstić information content (AvgIpc) is 3.32. The Labute approximate surface area is 120 Å². The molecule has 0 amide bonds. The molecule has 1 unspecified atom stereocenters. The molecule has 2 aromatic carbocycles. The fourth-order valence-electron chi connectivity index (χ4n) is 2.55. The highest BCUT2D eigenvalue weighted by Gasteiger charge is 2.41. The van der Waals surface area contributed by atoms with Crippen LogP contribution in [0.15, 0.2) is 60.7 Å². The van der Waals surface area contributed by atoms with Crippen LogP contribution in [-0.2, 0) is 16.3 Å². The van der Waals surface area contributed by atoms with Gasteiger partial charge in [-0.3, -0.25) is 0 Å². The molecule has 20 heavy (non-hydrogen) atoms. The molecule has 1 aliphatic rings. The summed E-state index contributed by atoms with van der Waals surface area (Å²) >= 11 is 0. The molecule has 0 radical (unpaired) electrons. The maximum atomic E-state index is 12.7. The van der Waals surface area contributed by atoms with E-state index in [2.05, 4.69) is 0 Å². The van der Waals surface area contributed by atoms with Gasteiger partial charge in [-0.25, -0.2) is 8.42 Å². The van der Waals surface area contributed by atoms with Gasteiger partial charge in [-0.15, -0.1) is 0 Å². The van der Waals surface area contributed by atoms with Gasteiger partial charge in [-0.2, -0.15) is 0 Å². The molecule has 0 N–H and O–H groups in total. The molecule has 1 aliphatic carbocycles. The Balaban J connectivity index is 1.96. The van der Waals surface area contributed by atoms with E-state index in [1.54, 1.807) is 0 Å². The van der Waals surface area contributed by atoms with Crippen LogP contribution < -0.4 is 0 Å². The summed E-state index contributed by atoms with van der Waals surface area (Å²) < 4.78 is 25.4. The number of hydrogen-bond acceptors (Lipinski definition) is 2. The summed E-state index contributed by atoms with van der Waals surface area (Å²) in [6.07, 6.45) is 2.20. The Morgan fingerprint density at radius 1 is 0.900 bits per heavy atom. The van der Waals surface area contributed by atoms with Crippen LogP contribution in [0.3, 0.4) is 0 Å². The highest BCUT2D eigenvalue weighted by atomic mass is 32.2. The van der Waals surface area contributed by atoms with Crippen molar-refractivity contribution in [2.45, 2.75) is 29.8 Å². The summed E-state index contributed by atoms with van der Waals surface area (Å²) in [4.78, 5) is 0. The van der Waals surface area contributed by atoms with E-state index in [0.717, 1.165) is 24.0 Å². The number of rotatable bonds is 5. The van der Waals surface area contributed by atoms with E-state index < -0.39 is 15.1 Å². The van der Waals surface area contributed by atoms with Crippen molar-refractivity contribution in [1.29, 1.82) is 0 Å². The molecule has 2 aromatic rings. The minimum atomic E-state index is -3.08. The second-order valence-corrected chi connectivity index (χ2v) is 7.79. The van der Waals surface area contributed by atoms with Gasteiger partial charge in [-0.1, -0.05) is 60.7 Å². The lowest BCUT2D eigenvalue weighted by molar-refractivity contribution is 0.579.